The normalized spacial score (nSPS) is 9.81. The van der Waals surface area contributed by atoms with Crippen LogP contribution in [0.5, 0.6) is 0 Å². The Morgan fingerprint density at radius 2 is 1.90 bits per heavy atom. The fraction of sp³-hybridized carbons (Fsp3) is 0.125. The van der Waals surface area contributed by atoms with Crippen molar-refractivity contribution in [1.29, 1.82) is 5.26 Å². The van der Waals surface area contributed by atoms with Gasteiger partial charge in [0.1, 0.15) is 6.07 Å². The van der Waals surface area contributed by atoms with E-state index in [2.05, 4.69) is 32.6 Å². The van der Waals surface area contributed by atoms with Gasteiger partial charge in [-0.1, -0.05) is 27.6 Å². The summed E-state index contributed by atoms with van der Waals surface area (Å²) in [5.74, 6) is -0.248. The predicted octanol–water partition coefficient (Wildman–Crippen LogP) is 3.92. The van der Waals surface area contributed by atoms with Crippen LogP contribution in [-0.2, 0) is 0 Å². The molecule has 2 rings (SSSR count). The van der Waals surface area contributed by atoms with Gasteiger partial charge in [0.15, 0.2) is 0 Å². The monoisotopic (exact) mass is 343 g/mol. The van der Waals surface area contributed by atoms with Crippen LogP contribution in [0, 0.1) is 18.3 Å². The maximum absolute atomic E-state index is 12.4. The van der Waals surface area contributed by atoms with E-state index in [-0.39, 0.29) is 5.91 Å². The first kappa shape index (κ1) is 15.1. The number of carbonyl (C=O) groups is 1. The minimum absolute atomic E-state index is 0.248. The number of anilines is 2. The largest absolute Gasteiger partial charge is 0.387 e. The van der Waals surface area contributed by atoms with E-state index in [1.807, 2.05) is 25.1 Å². The summed E-state index contributed by atoms with van der Waals surface area (Å²) in [6.07, 6.45) is 0. The van der Waals surface area contributed by atoms with E-state index in [0.29, 0.717) is 16.8 Å². The van der Waals surface area contributed by atoms with Crippen molar-refractivity contribution in [1.82, 2.24) is 0 Å². The molecule has 106 valence electrons. The molecule has 0 aliphatic rings. The van der Waals surface area contributed by atoms with Crippen molar-refractivity contribution in [3.8, 4) is 6.07 Å². The SMILES string of the molecule is CNc1ccc(C)cc1C(=O)Nc1ccc(Br)cc1C#N. The number of amides is 1. The van der Waals surface area contributed by atoms with Crippen LogP contribution in [-0.4, -0.2) is 13.0 Å². The predicted molar refractivity (Wildman–Crippen MR) is 87.5 cm³/mol. The number of nitrogens with one attached hydrogen (secondary N) is 2. The van der Waals surface area contributed by atoms with Crippen molar-refractivity contribution in [3.05, 3.63) is 57.6 Å². The standard InChI is InChI=1S/C16H14BrN3O/c1-10-3-5-15(19-2)13(7-10)16(21)20-14-6-4-12(17)8-11(14)9-18/h3-8,19H,1-2H3,(H,20,21). The van der Waals surface area contributed by atoms with Crippen LogP contribution in [0.2, 0.25) is 0 Å². The molecule has 0 aromatic heterocycles. The van der Waals surface area contributed by atoms with E-state index in [4.69, 9.17) is 5.26 Å². The number of hydrogen-bond acceptors (Lipinski definition) is 3. The third-order valence-electron chi connectivity index (χ3n) is 3.04. The van der Waals surface area contributed by atoms with Crippen molar-refractivity contribution < 1.29 is 4.79 Å². The molecule has 0 fully saturated rings. The number of nitriles is 1. The van der Waals surface area contributed by atoms with Gasteiger partial charge >= 0.3 is 0 Å². The first-order valence-corrected chi connectivity index (χ1v) is 7.14. The lowest BCUT2D eigenvalue weighted by Gasteiger charge is -2.12. The van der Waals surface area contributed by atoms with E-state index in [1.165, 1.54) is 0 Å². The maximum atomic E-state index is 12.4. The lowest BCUT2D eigenvalue weighted by atomic mass is 10.1. The molecule has 5 heteroatoms. The Morgan fingerprint density at radius 3 is 2.57 bits per heavy atom. The first-order chi connectivity index (χ1) is 10.0. The van der Waals surface area contributed by atoms with Crippen molar-refractivity contribution in [2.75, 3.05) is 17.7 Å². The van der Waals surface area contributed by atoms with E-state index >= 15 is 0 Å². The van der Waals surface area contributed by atoms with Crippen molar-refractivity contribution >= 4 is 33.2 Å². The van der Waals surface area contributed by atoms with Gasteiger partial charge in [-0.3, -0.25) is 4.79 Å². The average Bonchev–Trinajstić information content (AvgIpc) is 2.48. The van der Waals surface area contributed by atoms with Gasteiger partial charge in [0.2, 0.25) is 0 Å². The Bertz CT molecular complexity index is 735. The highest BCUT2D eigenvalue weighted by Gasteiger charge is 2.13. The molecule has 2 N–H and O–H groups in total. The molecule has 21 heavy (non-hydrogen) atoms. The second-order valence-electron chi connectivity index (χ2n) is 4.55. The number of halogens is 1. The molecule has 1 amide bonds. The highest BCUT2D eigenvalue weighted by atomic mass is 79.9. The fourth-order valence-corrected chi connectivity index (χ4v) is 2.33. The molecule has 0 aliphatic carbocycles. The molecule has 0 bridgehead atoms. The molecule has 0 aliphatic heterocycles. The van der Waals surface area contributed by atoms with Crippen LogP contribution in [0.3, 0.4) is 0 Å². The Labute approximate surface area is 131 Å². The Balaban J connectivity index is 2.35. The highest BCUT2D eigenvalue weighted by Crippen LogP contribution is 2.23. The highest BCUT2D eigenvalue weighted by molar-refractivity contribution is 9.10. The van der Waals surface area contributed by atoms with Gasteiger partial charge in [-0.05, 0) is 37.3 Å². The second-order valence-corrected chi connectivity index (χ2v) is 5.47. The van der Waals surface area contributed by atoms with Crippen LogP contribution in [0.4, 0.5) is 11.4 Å². The number of aryl methyl sites for hydroxylation is 1. The maximum Gasteiger partial charge on any atom is 0.257 e. The van der Waals surface area contributed by atoms with E-state index < -0.39 is 0 Å². The van der Waals surface area contributed by atoms with Gasteiger partial charge in [0.25, 0.3) is 5.91 Å². The zero-order valence-electron chi connectivity index (χ0n) is 11.7. The smallest absolute Gasteiger partial charge is 0.257 e. The summed E-state index contributed by atoms with van der Waals surface area (Å²) in [7, 11) is 1.77. The van der Waals surface area contributed by atoms with E-state index in [1.54, 1.807) is 25.2 Å². The molecule has 0 spiro atoms. The molecule has 0 unspecified atom stereocenters. The third kappa shape index (κ3) is 3.41. The zero-order valence-corrected chi connectivity index (χ0v) is 13.3. The topological polar surface area (TPSA) is 64.9 Å². The molecule has 0 heterocycles. The molecule has 0 saturated carbocycles. The number of benzene rings is 2. The van der Waals surface area contributed by atoms with Crippen molar-refractivity contribution in [2.24, 2.45) is 0 Å². The minimum Gasteiger partial charge on any atom is -0.387 e. The fourth-order valence-electron chi connectivity index (χ4n) is 1.97. The quantitative estimate of drug-likeness (QED) is 0.887. The van der Waals surface area contributed by atoms with Gasteiger partial charge in [-0.2, -0.15) is 5.26 Å². The lowest BCUT2D eigenvalue weighted by Crippen LogP contribution is -2.15. The Morgan fingerprint density at radius 1 is 1.19 bits per heavy atom. The van der Waals surface area contributed by atoms with E-state index in [0.717, 1.165) is 15.7 Å². The molecule has 4 nitrogen and oxygen atoms in total. The summed E-state index contributed by atoms with van der Waals surface area (Å²) in [6, 6.07) is 12.8. The average molecular weight is 344 g/mol. The van der Waals surface area contributed by atoms with Crippen LogP contribution in [0.25, 0.3) is 0 Å². The van der Waals surface area contributed by atoms with Crippen LogP contribution < -0.4 is 10.6 Å². The molecule has 2 aromatic rings. The van der Waals surface area contributed by atoms with Gasteiger partial charge in [0.05, 0.1) is 16.8 Å². The summed E-state index contributed by atoms with van der Waals surface area (Å²) in [5.41, 5.74) is 3.19. The first-order valence-electron chi connectivity index (χ1n) is 6.34. The molecule has 0 atom stereocenters. The number of carbonyl (C=O) groups excluding carboxylic acids is 1. The summed E-state index contributed by atoms with van der Waals surface area (Å²) in [5, 5.41) is 14.9. The van der Waals surface area contributed by atoms with Gasteiger partial charge in [-0.25, -0.2) is 0 Å². The van der Waals surface area contributed by atoms with Crippen LogP contribution in [0.1, 0.15) is 21.5 Å². The Kier molecular flexibility index (Phi) is 4.61. The van der Waals surface area contributed by atoms with E-state index in [9.17, 15) is 4.79 Å². The zero-order chi connectivity index (χ0) is 15.4. The summed E-state index contributed by atoms with van der Waals surface area (Å²) in [6.45, 7) is 1.93. The number of rotatable bonds is 3. The summed E-state index contributed by atoms with van der Waals surface area (Å²) >= 11 is 3.31. The second kappa shape index (κ2) is 6.42. The molecule has 0 radical (unpaired) electrons. The summed E-state index contributed by atoms with van der Waals surface area (Å²) in [4.78, 5) is 12.4. The molecule has 0 saturated heterocycles. The third-order valence-corrected chi connectivity index (χ3v) is 3.53. The van der Waals surface area contributed by atoms with Crippen LogP contribution >= 0.6 is 15.9 Å². The minimum atomic E-state index is -0.248. The van der Waals surface area contributed by atoms with Crippen molar-refractivity contribution in [3.63, 3.8) is 0 Å². The number of nitrogens with zero attached hydrogens (tertiary/aromatic N) is 1. The van der Waals surface area contributed by atoms with Crippen LogP contribution in [0.15, 0.2) is 40.9 Å². The number of hydrogen-bond donors (Lipinski definition) is 2. The summed E-state index contributed by atoms with van der Waals surface area (Å²) < 4.78 is 0.795. The molecular weight excluding hydrogens is 330 g/mol. The lowest BCUT2D eigenvalue weighted by molar-refractivity contribution is 0.102. The van der Waals surface area contributed by atoms with Gasteiger partial charge < -0.3 is 10.6 Å². The van der Waals surface area contributed by atoms with Crippen molar-refractivity contribution in [2.45, 2.75) is 6.92 Å². The van der Waals surface area contributed by atoms with Gasteiger partial charge in [-0.15, -0.1) is 0 Å². The molecule has 2 aromatic carbocycles. The van der Waals surface area contributed by atoms with Gasteiger partial charge in [0, 0.05) is 17.2 Å². The Hall–Kier alpha value is -2.32. The molecular formula is C16H14BrN3O.